The minimum Gasteiger partial charge on any atom is -0.352 e. The van der Waals surface area contributed by atoms with Crippen molar-refractivity contribution in [3.63, 3.8) is 0 Å². The molecule has 8 heteroatoms. The van der Waals surface area contributed by atoms with Gasteiger partial charge < -0.3 is 20.5 Å². The normalized spacial score (nSPS) is 10.4. The molecule has 0 unspecified atom stereocenters. The highest BCUT2D eigenvalue weighted by atomic mass is 32.2. The molecule has 1 aromatic carbocycles. The summed E-state index contributed by atoms with van der Waals surface area (Å²) < 4.78 is 1.94. The molecule has 0 atom stereocenters. The first-order chi connectivity index (χ1) is 12.0. The first-order valence-corrected chi connectivity index (χ1v) is 9.17. The van der Waals surface area contributed by atoms with Crippen molar-refractivity contribution in [2.45, 2.75) is 25.5 Å². The van der Waals surface area contributed by atoms with E-state index >= 15 is 0 Å². The lowest BCUT2D eigenvalue weighted by Gasteiger charge is -2.13. The van der Waals surface area contributed by atoms with Crippen LogP contribution in [0.2, 0.25) is 0 Å². The molecule has 0 radical (unpaired) electrons. The van der Waals surface area contributed by atoms with Gasteiger partial charge in [0.25, 0.3) is 5.91 Å². The van der Waals surface area contributed by atoms with Gasteiger partial charge in [0.2, 0.25) is 0 Å². The summed E-state index contributed by atoms with van der Waals surface area (Å²) in [4.78, 5) is 28.5. The third-order valence-electron chi connectivity index (χ3n) is 3.82. The van der Waals surface area contributed by atoms with Crippen LogP contribution >= 0.6 is 11.8 Å². The molecule has 0 bridgehead atoms. The van der Waals surface area contributed by atoms with E-state index in [9.17, 15) is 9.59 Å². The fourth-order valence-electron chi connectivity index (χ4n) is 2.39. The van der Waals surface area contributed by atoms with Crippen LogP contribution in [0.15, 0.2) is 29.6 Å². The number of rotatable bonds is 6. The van der Waals surface area contributed by atoms with Crippen molar-refractivity contribution >= 4 is 29.4 Å². The highest BCUT2D eigenvalue weighted by molar-refractivity contribution is 7.98. The Kier molecular flexibility index (Phi) is 6.46. The maximum absolute atomic E-state index is 12.2. The Hall–Kier alpha value is -2.48. The van der Waals surface area contributed by atoms with Crippen molar-refractivity contribution in [2.75, 3.05) is 18.1 Å². The lowest BCUT2D eigenvalue weighted by atomic mass is 10.1. The molecule has 0 aliphatic carbocycles. The van der Waals surface area contributed by atoms with E-state index < -0.39 is 0 Å². The van der Waals surface area contributed by atoms with Crippen molar-refractivity contribution in [2.24, 2.45) is 7.05 Å². The van der Waals surface area contributed by atoms with Gasteiger partial charge in [0.1, 0.15) is 0 Å². The zero-order valence-corrected chi connectivity index (χ0v) is 15.7. The summed E-state index contributed by atoms with van der Waals surface area (Å²) in [5, 5.41) is 9.26. The van der Waals surface area contributed by atoms with Gasteiger partial charge in [-0.2, -0.15) is 0 Å². The van der Waals surface area contributed by atoms with Crippen molar-refractivity contribution in [1.82, 2.24) is 20.2 Å². The highest BCUT2D eigenvalue weighted by Crippen LogP contribution is 2.19. The third-order valence-corrected chi connectivity index (χ3v) is 4.56. The van der Waals surface area contributed by atoms with Crippen molar-refractivity contribution in [1.29, 1.82) is 0 Å². The summed E-state index contributed by atoms with van der Waals surface area (Å²) in [5.41, 5.74) is 2.80. The molecule has 2 aromatic rings. The second-order valence-corrected chi connectivity index (χ2v) is 6.21. The van der Waals surface area contributed by atoms with Gasteiger partial charge >= 0.3 is 6.03 Å². The second kappa shape index (κ2) is 8.57. The number of imidazole rings is 1. The van der Waals surface area contributed by atoms with Crippen LogP contribution in [0.4, 0.5) is 10.5 Å². The minimum absolute atomic E-state index is 0.150. The first kappa shape index (κ1) is 18.9. The van der Waals surface area contributed by atoms with Crippen molar-refractivity contribution < 1.29 is 9.59 Å². The zero-order valence-electron chi connectivity index (χ0n) is 14.8. The molecule has 3 amide bonds. The number of hydrogen-bond donors (Lipinski definition) is 3. The van der Waals surface area contributed by atoms with Crippen LogP contribution in [0.3, 0.4) is 0 Å². The number of thioether (sulfide) groups is 1. The molecule has 0 aliphatic rings. The van der Waals surface area contributed by atoms with Crippen LogP contribution in [-0.2, 0) is 13.6 Å². The van der Waals surface area contributed by atoms with E-state index in [1.54, 1.807) is 36.2 Å². The molecule has 0 fully saturated rings. The Balaban J connectivity index is 2.02. The Morgan fingerprint density at radius 1 is 1.28 bits per heavy atom. The fourth-order valence-corrected chi connectivity index (χ4v) is 2.94. The summed E-state index contributed by atoms with van der Waals surface area (Å²) in [6.07, 6.45) is 3.70. The number of hydrogen-bond acceptors (Lipinski definition) is 4. The van der Waals surface area contributed by atoms with Gasteiger partial charge in [0.15, 0.2) is 5.16 Å². The number of anilines is 1. The number of nitrogens with zero attached hydrogens (tertiary/aromatic N) is 2. The van der Waals surface area contributed by atoms with Gasteiger partial charge in [0.05, 0.1) is 18.4 Å². The Bertz CT molecular complexity index is 772. The number of aromatic nitrogens is 2. The number of nitrogens with one attached hydrogen (secondary N) is 3. The van der Waals surface area contributed by atoms with Gasteiger partial charge in [-0.15, -0.1) is 0 Å². The number of urea groups is 1. The van der Waals surface area contributed by atoms with Gasteiger partial charge in [0, 0.05) is 24.8 Å². The molecule has 3 N–H and O–H groups in total. The van der Waals surface area contributed by atoms with Crippen LogP contribution < -0.4 is 16.0 Å². The van der Waals surface area contributed by atoms with E-state index in [4.69, 9.17) is 0 Å². The van der Waals surface area contributed by atoms with Gasteiger partial charge in [-0.05, 0) is 37.8 Å². The van der Waals surface area contributed by atoms with Crippen molar-refractivity contribution in [3.8, 4) is 0 Å². The van der Waals surface area contributed by atoms with Gasteiger partial charge in [-0.3, -0.25) is 4.79 Å². The lowest BCUT2D eigenvalue weighted by Crippen LogP contribution is -2.30. The average Bonchev–Trinajstić information content (AvgIpc) is 2.95. The Morgan fingerprint density at radius 3 is 2.68 bits per heavy atom. The van der Waals surface area contributed by atoms with E-state index in [0.717, 1.165) is 16.4 Å². The zero-order chi connectivity index (χ0) is 18.4. The predicted molar refractivity (Wildman–Crippen MR) is 100 cm³/mol. The monoisotopic (exact) mass is 361 g/mol. The molecule has 0 aliphatic heterocycles. The Morgan fingerprint density at radius 2 is 2.04 bits per heavy atom. The smallest absolute Gasteiger partial charge is 0.319 e. The molecular formula is C17H23N5O2S. The molecule has 1 aromatic heterocycles. The summed E-state index contributed by atoms with van der Waals surface area (Å²) in [6, 6.07) is 4.93. The van der Waals surface area contributed by atoms with Crippen molar-refractivity contribution in [3.05, 3.63) is 41.2 Å². The van der Waals surface area contributed by atoms with Gasteiger partial charge in [-0.1, -0.05) is 17.8 Å². The largest absolute Gasteiger partial charge is 0.352 e. The molecule has 7 nitrogen and oxygen atoms in total. The van der Waals surface area contributed by atoms with Crippen LogP contribution in [0.25, 0.3) is 0 Å². The minimum atomic E-state index is -0.331. The molecule has 25 heavy (non-hydrogen) atoms. The van der Waals surface area contributed by atoms with E-state index in [-0.39, 0.29) is 11.9 Å². The van der Waals surface area contributed by atoms with Crippen LogP contribution in [0, 0.1) is 6.92 Å². The lowest BCUT2D eigenvalue weighted by molar-refractivity contribution is 0.0955. The molecule has 2 rings (SSSR count). The maximum Gasteiger partial charge on any atom is 0.319 e. The standard InChI is InChI=1S/C17H23N5O2S/c1-5-18-15(23)13-7-6-8-14(11(13)2)21-16(24)19-9-12-10-20-17(25-4)22(12)3/h6-8,10H,5,9H2,1-4H3,(H,18,23)(H2,19,21,24). The van der Waals surface area contributed by atoms with Crippen LogP contribution in [0.5, 0.6) is 0 Å². The third kappa shape index (κ3) is 4.54. The Labute approximate surface area is 151 Å². The van der Waals surface area contributed by atoms with Crippen LogP contribution in [-0.4, -0.2) is 34.3 Å². The van der Waals surface area contributed by atoms with E-state index in [2.05, 4.69) is 20.9 Å². The topological polar surface area (TPSA) is 88.1 Å². The summed E-state index contributed by atoms with van der Waals surface area (Å²) in [7, 11) is 1.91. The molecule has 1 heterocycles. The number of carbonyl (C=O) groups is 2. The second-order valence-electron chi connectivity index (χ2n) is 5.44. The highest BCUT2D eigenvalue weighted by Gasteiger charge is 2.13. The molecule has 0 saturated heterocycles. The average molecular weight is 361 g/mol. The molecule has 0 spiro atoms. The molecule has 0 saturated carbocycles. The number of carbonyl (C=O) groups excluding carboxylic acids is 2. The summed E-state index contributed by atoms with van der Waals surface area (Å²) >= 11 is 1.55. The molecular weight excluding hydrogens is 338 g/mol. The fraction of sp³-hybridized carbons (Fsp3) is 0.353. The predicted octanol–water partition coefficient (Wildman–Crippen LogP) is 2.52. The number of benzene rings is 1. The SMILES string of the molecule is CCNC(=O)c1cccc(NC(=O)NCc2cnc(SC)n2C)c1C. The molecule has 134 valence electrons. The van der Waals surface area contributed by atoms with E-state index in [1.165, 1.54) is 0 Å². The quantitative estimate of drug-likeness (QED) is 0.690. The first-order valence-electron chi connectivity index (χ1n) is 7.95. The maximum atomic E-state index is 12.2. The van der Waals surface area contributed by atoms with Gasteiger partial charge in [-0.25, -0.2) is 9.78 Å². The van der Waals surface area contributed by atoms with Crippen LogP contribution in [0.1, 0.15) is 28.5 Å². The summed E-state index contributed by atoms with van der Waals surface area (Å²) in [5.74, 6) is -0.150. The summed E-state index contributed by atoms with van der Waals surface area (Å²) in [6.45, 7) is 4.60. The van der Waals surface area contributed by atoms with E-state index in [1.807, 2.05) is 31.7 Å². The number of amides is 3. The van der Waals surface area contributed by atoms with E-state index in [0.29, 0.717) is 24.3 Å².